The van der Waals surface area contributed by atoms with Gasteiger partial charge in [0.2, 0.25) is 11.8 Å². The van der Waals surface area contributed by atoms with Gasteiger partial charge in [-0.25, -0.2) is 0 Å². The standard InChI is InChI=1S/C18H23N3O3/c1-12(2)18-20-17(24-21-18)9-5-8-16(22)19-11-14-10-13-6-3-4-7-15(13)23-14/h3-4,6-7,12,14H,5,8-11H2,1-2H3,(H,19,22)/t14-/m0/s1. The van der Waals surface area contributed by atoms with E-state index in [-0.39, 0.29) is 17.9 Å². The molecule has 2 heterocycles. The van der Waals surface area contributed by atoms with Crippen LogP contribution in [0.4, 0.5) is 0 Å². The largest absolute Gasteiger partial charge is 0.488 e. The molecular weight excluding hydrogens is 306 g/mol. The van der Waals surface area contributed by atoms with Gasteiger partial charge in [0.05, 0.1) is 6.54 Å². The molecule has 0 spiro atoms. The van der Waals surface area contributed by atoms with Gasteiger partial charge in [-0.05, 0) is 18.1 Å². The molecule has 0 fully saturated rings. The number of aromatic nitrogens is 2. The maximum atomic E-state index is 11.9. The molecule has 1 amide bonds. The van der Waals surface area contributed by atoms with Crippen molar-refractivity contribution in [1.82, 2.24) is 15.5 Å². The first-order chi connectivity index (χ1) is 11.6. The summed E-state index contributed by atoms with van der Waals surface area (Å²) in [7, 11) is 0. The number of nitrogens with one attached hydrogen (secondary N) is 1. The summed E-state index contributed by atoms with van der Waals surface area (Å²) in [5.74, 6) is 2.52. The number of rotatable bonds is 7. The quantitative estimate of drug-likeness (QED) is 0.845. The normalized spacial score (nSPS) is 16.0. The number of benzene rings is 1. The molecule has 1 atom stereocenters. The van der Waals surface area contributed by atoms with Crippen molar-refractivity contribution in [2.45, 2.75) is 51.6 Å². The van der Waals surface area contributed by atoms with Crippen LogP contribution in [0.5, 0.6) is 5.75 Å². The van der Waals surface area contributed by atoms with Crippen LogP contribution in [0.3, 0.4) is 0 Å². The molecule has 0 aliphatic carbocycles. The van der Waals surface area contributed by atoms with Gasteiger partial charge in [-0.2, -0.15) is 4.98 Å². The van der Waals surface area contributed by atoms with E-state index in [1.54, 1.807) is 0 Å². The maximum absolute atomic E-state index is 11.9. The first-order valence-electron chi connectivity index (χ1n) is 8.45. The monoisotopic (exact) mass is 329 g/mol. The van der Waals surface area contributed by atoms with Gasteiger partial charge in [-0.3, -0.25) is 4.79 Å². The fourth-order valence-corrected chi connectivity index (χ4v) is 2.69. The number of ether oxygens (including phenoxy) is 1. The summed E-state index contributed by atoms with van der Waals surface area (Å²) in [6.07, 6.45) is 2.63. The number of para-hydroxylation sites is 1. The molecular formula is C18H23N3O3. The zero-order valence-corrected chi connectivity index (χ0v) is 14.1. The minimum atomic E-state index is 0.0240. The number of aryl methyl sites for hydroxylation is 1. The lowest BCUT2D eigenvalue weighted by atomic mass is 10.1. The van der Waals surface area contributed by atoms with Gasteiger partial charge in [0.15, 0.2) is 5.82 Å². The Hall–Kier alpha value is -2.37. The zero-order valence-electron chi connectivity index (χ0n) is 14.1. The van der Waals surface area contributed by atoms with Crippen LogP contribution < -0.4 is 10.1 Å². The van der Waals surface area contributed by atoms with Gasteiger partial charge in [0.1, 0.15) is 11.9 Å². The summed E-state index contributed by atoms with van der Waals surface area (Å²) in [5, 5.41) is 6.86. The number of amides is 1. The predicted molar refractivity (Wildman–Crippen MR) is 88.9 cm³/mol. The Kier molecular flexibility index (Phi) is 5.13. The molecule has 1 aliphatic heterocycles. The Bertz CT molecular complexity index is 671. The van der Waals surface area contributed by atoms with Crippen molar-refractivity contribution in [2.24, 2.45) is 0 Å². The molecule has 1 N–H and O–H groups in total. The third kappa shape index (κ3) is 4.13. The second-order valence-electron chi connectivity index (χ2n) is 6.41. The fraction of sp³-hybridized carbons (Fsp3) is 0.500. The van der Waals surface area contributed by atoms with Crippen molar-refractivity contribution >= 4 is 5.91 Å². The highest BCUT2D eigenvalue weighted by atomic mass is 16.5. The summed E-state index contributed by atoms with van der Waals surface area (Å²) < 4.78 is 11.0. The summed E-state index contributed by atoms with van der Waals surface area (Å²) in [6, 6.07) is 7.99. The van der Waals surface area contributed by atoms with Crippen LogP contribution >= 0.6 is 0 Å². The first kappa shape index (κ1) is 16.5. The molecule has 0 radical (unpaired) electrons. The third-order valence-electron chi connectivity index (χ3n) is 4.04. The smallest absolute Gasteiger partial charge is 0.226 e. The van der Waals surface area contributed by atoms with Crippen LogP contribution in [0.1, 0.15) is 49.9 Å². The molecule has 3 rings (SSSR count). The van der Waals surface area contributed by atoms with E-state index >= 15 is 0 Å². The van der Waals surface area contributed by atoms with Crippen molar-refractivity contribution in [3.8, 4) is 5.75 Å². The number of hydrogen-bond donors (Lipinski definition) is 1. The molecule has 6 heteroatoms. The number of nitrogens with zero attached hydrogens (tertiary/aromatic N) is 2. The Labute approximate surface area is 141 Å². The highest BCUT2D eigenvalue weighted by molar-refractivity contribution is 5.75. The fourth-order valence-electron chi connectivity index (χ4n) is 2.69. The first-order valence-corrected chi connectivity index (χ1v) is 8.45. The van der Waals surface area contributed by atoms with E-state index in [2.05, 4.69) is 21.5 Å². The Morgan fingerprint density at radius 2 is 2.21 bits per heavy atom. The lowest BCUT2D eigenvalue weighted by molar-refractivity contribution is -0.121. The molecule has 24 heavy (non-hydrogen) atoms. The van der Waals surface area contributed by atoms with Gasteiger partial charge in [-0.15, -0.1) is 0 Å². The topological polar surface area (TPSA) is 77.2 Å². The molecule has 2 aromatic rings. The van der Waals surface area contributed by atoms with Crippen molar-refractivity contribution in [3.63, 3.8) is 0 Å². The minimum absolute atomic E-state index is 0.0240. The second-order valence-corrected chi connectivity index (χ2v) is 6.41. The van der Waals surface area contributed by atoms with Gasteiger partial charge < -0.3 is 14.6 Å². The number of carbonyl (C=O) groups is 1. The number of fused-ring (bicyclic) bond motifs is 1. The summed E-state index contributed by atoms with van der Waals surface area (Å²) >= 11 is 0. The predicted octanol–water partition coefficient (Wildman–Crippen LogP) is 2.64. The van der Waals surface area contributed by atoms with Crippen LogP contribution in [-0.2, 0) is 17.6 Å². The Morgan fingerprint density at radius 3 is 2.96 bits per heavy atom. The second kappa shape index (κ2) is 7.47. The van der Waals surface area contributed by atoms with Crippen molar-refractivity contribution in [3.05, 3.63) is 41.5 Å². The van der Waals surface area contributed by atoms with E-state index in [1.165, 1.54) is 5.56 Å². The van der Waals surface area contributed by atoms with Crippen LogP contribution in [0.25, 0.3) is 0 Å². The maximum Gasteiger partial charge on any atom is 0.226 e. The summed E-state index contributed by atoms with van der Waals surface area (Å²) in [6.45, 7) is 4.57. The molecule has 0 saturated carbocycles. The third-order valence-corrected chi connectivity index (χ3v) is 4.04. The van der Waals surface area contributed by atoms with E-state index in [9.17, 15) is 4.79 Å². The van der Waals surface area contributed by atoms with Gasteiger partial charge in [0, 0.05) is 25.2 Å². The van der Waals surface area contributed by atoms with Crippen LogP contribution in [0, 0.1) is 0 Å². The summed E-state index contributed by atoms with van der Waals surface area (Å²) in [4.78, 5) is 16.3. The van der Waals surface area contributed by atoms with Crippen LogP contribution in [0.15, 0.2) is 28.8 Å². The highest BCUT2D eigenvalue weighted by Crippen LogP contribution is 2.27. The van der Waals surface area contributed by atoms with E-state index in [1.807, 2.05) is 32.0 Å². The van der Waals surface area contributed by atoms with Crippen molar-refractivity contribution in [2.75, 3.05) is 6.54 Å². The van der Waals surface area contributed by atoms with E-state index < -0.39 is 0 Å². The van der Waals surface area contributed by atoms with E-state index in [0.29, 0.717) is 37.5 Å². The average Bonchev–Trinajstić information content (AvgIpc) is 3.19. The molecule has 1 aromatic carbocycles. The van der Waals surface area contributed by atoms with E-state index in [4.69, 9.17) is 9.26 Å². The molecule has 6 nitrogen and oxygen atoms in total. The summed E-state index contributed by atoms with van der Waals surface area (Å²) in [5.41, 5.74) is 1.20. The van der Waals surface area contributed by atoms with Crippen molar-refractivity contribution in [1.29, 1.82) is 0 Å². The Balaban J connectivity index is 1.35. The van der Waals surface area contributed by atoms with Gasteiger partial charge in [-0.1, -0.05) is 37.2 Å². The zero-order chi connectivity index (χ0) is 16.9. The number of carbonyl (C=O) groups excluding carboxylic acids is 1. The van der Waals surface area contributed by atoms with Crippen LogP contribution in [0.2, 0.25) is 0 Å². The number of hydrogen-bond acceptors (Lipinski definition) is 5. The molecule has 1 aromatic heterocycles. The average molecular weight is 329 g/mol. The van der Waals surface area contributed by atoms with Crippen molar-refractivity contribution < 1.29 is 14.1 Å². The van der Waals surface area contributed by atoms with Gasteiger partial charge in [0.25, 0.3) is 0 Å². The molecule has 128 valence electrons. The van der Waals surface area contributed by atoms with Gasteiger partial charge >= 0.3 is 0 Å². The molecule has 0 saturated heterocycles. The molecule has 0 unspecified atom stereocenters. The molecule has 0 bridgehead atoms. The Morgan fingerprint density at radius 1 is 1.38 bits per heavy atom. The SMILES string of the molecule is CC(C)c1noc(CCCC(=O)NC[C@@H]2Cc3ccccc3O2)n1. The van der Waals surface area contributed by atoms with E-state index in [0.717, 1.165) is 12.2 Å². The molecule has 1 aliphatic rings. The lowest BCUT2D eigenvalue weighted by Gasteiger charge is -2.11. The minimum Gasteiger partial charge on any atom is -0.488 e. The van der Waals surface area contributed by atoms with Crippen LogP contribution in [-0.4, -0.2) is 28.7 Å². The lowest BCUT2D eigenvalue weighted by Crippen LogP contribution is -2.34. The highest BCUT2D eigenvalue weighted by Gasteiger charge is 2.22.